The molecule has 266 valence electrons. The minimum Gasteiger partial charge on any atom is -0.444 e. The van der Waals surface area contributed by atoms with Crippen molar-refractivity contribution in [1.82, 2.24) is 24.5 Å². The Balaban J connectivity index is 1.23. The molecule has 3 aromatic carbocycles. The number of hydrogen-bond acceptors (Lipinski definition) is 10. The summed E-state index contributed by atoms with van der Waals surface area (Å²) in [5, 5.41) is 1.70. The monoisotopic (exact) mass is 731 g/mol. The summed E-state index contributed by atoms with van der Waals surface area (Å²) in [6, 6.07) is 19.4. The van der Waals surface area contributed by atoms with E-state index in [0.717, 1.165) is 0 Å². The molecule has 0 aliphatic carbocycles. The number of carbonyl (C=O) groups is 2. The molecule has 0 saturated carbocycles. The molecule has 15 heteroatoms. The summed E-state index contributed by atoms with van der Waals surface area (Å²) in [5.41, 5.74) is 0.144. The SMILES string of the molecule is CC(C)(C)OC(=O)N1CCN(C(=O)[C@H](Cc2ccc(OS(=O)(=O)c3cccc4cccnc34)cc2)NS(=O)(=O)c2cccc3cnccc23)CC1. The molecule has 0 spiro atoms. The lowest BCUT2D eigenvalue weighted by Crippen LogP contribution is -2.56. The van der Waals surface area contributed by atoms with Crippen LogP contribution in [-0.4, -0.2) is 86.4 Å². The summed E-state index contributed by atoms with van der Waals surface area (Å²) in [5.74, 6) is -0.451. The second-order valence-corrected chi connectivity index (χ2v) is 16.2. The molecule has 2 aromatic heterocycles. The summed E-state index contributed by atoms with van der Waals surface area (Å²) in [6.45, 7) is 6.08. The van der Waals surface area contributed by atoms with E-state index < -0.39 is 43.8 Å². The van der Waals surface area contributed by atoms with E-state index in [9.17, 15) is 26.4 Å². The highest BCUT2D eigenvalue weighted by molar-refractivity contribution is 7.89. The van der Waals surface area contributed by atoms with Crippen molar-refractivity contribution in [2.75, 3.05) is 26.2 Å². The largest absolute Gasteiger partial charge is 0.444 e. The number of hydrogen-bond donors (Lipinski definition) is 1. The Morgan fingerprint density at radius 1 is 0.804 bits per heavy atom. The maximum atomic E-state index is 14.0. The molecule has 1 saturated heterocycles. The maximum Gasteiger partial charge on any atom is 0.410 e. The number of nitrogens with one attached hydrogen (secondary N) is 1. The zero-order valence-corrected chi connectivity index (χ0v) is 29.9. The van der Waals surface area contributed by atoms with Crippen molar-refractivity contribution in [2.45, 2.75) is 48.6 Å². The highest BCUT2D eigenvalue weighted by Gasteiger charge is 2.34. The van der Waals surface area contributed by atoms with Crippen molar-refractivity contribution in [3.8, 4) is 5.75 Å². The van der Waals surface area contributed by atoms with Gasteiger partial charge in [-0.1, -0.05) is 42.5 Å². The Hall–Kier alpha value is -5.12. The maximum absolute atomic E-state index is 14.0. The van der Waals surface area contributed by atoms with Crippen molar-refractivity contribution in [3.05, 3.63) is 103 Å². The molecule has 51 heavy (non-hydrogen) atoms. The van der Waals surface area contributed by atoms with Gasteiger partial charge in [0.15, 0.2) is 0 Å². The standard InChI is InChI=1S/C36H37N5O8S2/c1-36(2,3)48-35(43)41-21-19-40(20-22-41)34(42)30(39-50(44,45)31-10-5-8-27-24-37-18-16-29(27)31)23-25-12-14-28(15-13-25)49-51(46,47)32-11-4-7-26-9-6-17-38-33(26)32/h4-18,24,30,39H,19-23H2,1-3H3/t30-/m0/s1. The lowest BCUT2D eigenvalue weighted by molar-refractivity contribution is -0.134. The van der Waals surface area contributed by atoms with Gasteiger partial charge in [0.25, 0.3) is 0 Å². The fourth-order valence-electron chi connectivity index (χ4n) is 5.78. The molecule has 0 bridgehead atoms. The van der Waals surface area contributed by atoms with E-state index in [1.54, 1.807) is 81.6 Å². The van der Waals surface area contributed by atoms with Gasteiger partial charge in [0.05, 0.1) is 10.4 Å². The average Bonchev–Trinajstić information content (AvgIpc) is 3.10. The molecule has 3 heterocycles. The van der Waals surface area contributed by atoms with Gasteiger partial charge >= 0.3 is 16.2 Å². The zero-order valence-electron chi connectivity index (χ0n) is 28.2. The normalized spacial score (nSPS) is 14.7. The molecular weight excluding hydrogens is 695 g/mol. The molecule has 0 unspecified atom stereocenters. The number of rotatable bonds is 9. The topological polar surface area (TPSA) is 165 Å². The quantitative estimate of drug-likeness (QED) is 0.213. The zero-order chi connectivity index (χ0) is 36.4. The number of ether oxygens (including phenoxy) is 1. The third kappa shape index (κ3) is 8.27. The van der Waals surface area contributed by atoms with E-state index >= 15 is 0 Å². The van der Waals surface area contributed by atoms with Gasteiger partial charge in [0.1, 0.15) is 22.3 Å². The number of carbonyl (C=O) groups excluding carboxylic acids is 2. The first kappa shape index (κ1) is 35.7. The number of aromatic nitrogens is 2. The number of para-hydroxylation sites is 1. The smallest absolute Gasteiger partial charge is 0.410 e. The van der Waals surface area contributed by atoms with Crippen molar-refractivity contribution in [3.63, 3.8) is 0 Å². The van der Waals surface area contributed by atoms with E-state index in [2.05, 4.69) is 14.7 Å². The Morgan fingerprint density at radius 3 is 2.16 bits per heavy atom. The van der Waals surface area contributed by atoms with Crippen LogP contribution in [0.1, 0.15) is 26.3 Å². The van der Waals surface area contributed by atoms with E-state index in [-0.39, 0.29) is 53.7 Å². The fraction of sp³-hybridized carbons (Fsp3) is 0.278. The van der Waals surface area contributed by atoms with E-state index in [0.29, 0.717) is 21.7 Å². The Bertz CT molecular complexity index is 2290. The van der Waals surface area contributed by atoms with Crippen LogP contribution >= 0.6 is 0 Å². The van der Waals surface area contributed by atoms with Gasteiger partial charge in [0.2, 0.25) is 15.9 Å². The highest BCUT2D eigenvalue weighted by Crippen LogP contribution is 2.26. The Kier molecular flexibility index (Phi) is 9.97. The summed E-state index contributed by atoms with van der Waals surface area (Å²) in [7, 11) is -8.49. The fourth-order valence-corrected chi connectivity index (χ4v) is 8.31. The molecule has 5 aromatic rings. The molecule has 1 aliphatic heterocycles. The van der Waals surface area contributed by atoms with Crippen LogP contribution < -0.4 is 8.91 Å². The van der Waals surface area contributed by atoms with Crippen LogP contribution in [0.15, 0.2) is 107 Å². The van der Waals surface area contributed by atoms with Crippen LogP contribution in [0.3, 0.4) is 0 Å². The van der Waals surface area contributed by atoms with Gasteiger partial charge in [0, 0.05) is 60.9 Å². The molecule has 1 atom stereocenters. The lowest BCUT2D eigenvalue weighted by atomic mass is 10.0. The van der Waals surface area contributed by atoms with Gasteiger partial charge in [-0.3, -0.25) is 14.8 Å². The predicted octanol–water partition coefficient (Wildman–Crippen LogP) is 4.52. The van der Waals surface area contributed by atoms with Crippen LogP contribution in [-0.2, 0) is 36.1 Å². The van der Waals surface area contributed by atoms with Crippen LogP contribution in [0.4, 0.5) is 4.79 Å². The number of sulfonamides is 1. The molecule has 2 amide bonds. The van der Waals surface area contributed by atoms with Crippen molar-refractivity contribution >= 4 is 53.8 Å². The molecule has 1 aliphatic rings. The Labute approximate surface area is 296 Å². The second kappa shape index (κ2) is 14.2. The third-order valence-corrected chi connectivity index (χ3v) is 11.0. The highest BCUT2D eigenvalue weighted by atomic mass is 32.2. The minimum atomic E-state index is -4.25. The first-order valence-corrected chi connectivity index (χ1v) is 19.1. The lowest BCUT2D eigenvalue weighted by Gasteiger charge is -2.37. The molecular formula is C36H37N5O8S2. The van der Waals surface area contributed by atoms with Crippen molar-refractivity contribution in [1.29, 1.82) is 0 Å². The van der Waals surface area contributed by atoms with E-state index in [1.165, 1.54) is 46.5 Å². The summed E-state index contributed by atoms with van der Waals surface area (Å²) in [4.78, 5) is 37.9. The number of pyridine rings is 2. The number of amides is 2. The van der Waals surface area contributed by atoms with E-state index in [1.807, 2.05) is 0 Å². The van der Waals surface area contributed by atoms with Crippen LogP contribution in [0.25, 0.3) is 21.7 Å². The van der Waals surface area contributed by atoms with Gasteiger partial charge in [-0.25, -0.2) is 13.2 Å². The van der Waals surface area contributed by atoms with E-state index in [4.69, 9.17) is 8.92 Å². The third-order valence-electron chi connectivity index (χ3n) is 8.20. The first-order chi connectivity index (χ1) is 24.2. The van der Waals surface area contributed by atoms with Gasteiger partial charge in [-0.05, 0) is 69.2 Å². The molecule has 1 N–H and O–H groups in total. The molecule has 0 radical (unpaired) electrons. The summed E-state index contributed by atoms with van der Waals surface area (Å²) >= 11 is 0. The van der Waals surface area contributed by atoms with Crippen molar-refractivity contribution < 1.29 is 35.3 Å². The van der Waals surface area contributed by atoms with Crippen molar-refractivity contribution in [2.24, 2.45) is 0 Å². The predicted molar refractivity (Wildman–Crippen MR) is 190 cm³/mol. The van der Waals surface area contributed by atoms with Crippen LogP contribution in [0.2, 0.25) is 0 Å². The average molecular weight is 732 g/mol. The first-order valence-electron chi connectivity index (χ1n) is 16.2. The molecule has 13 nitrogen and oxygen atoms in total. The molecule has 6 rings (SSSR count). The number of nitrogens with zero attached hydrogens (tertiary/aromatic N) is 4. The van der Waals surface area contributed by atoms with Crippen LogP contribution in [0, 0.1) is 0 Å². The number of piperazine rings is 1. The summed E-state index contributed by atoms with van der Waals surface area (Å²) in [6.07, 6.45) is 4.01. The summed E-state index contributed by atoms with van der Waals surface area (Å²) < 4.78 is 67.8. The second-order valence-electron chi connectivity index (χ2n) is 13.0. The number of fused-ring (bicyclic) bond motifs is 2. The van der Waals surface area contributed by atoms with Gasteiger partial charge < -0.3 is 18.7 Å². The molecule has 1 fully saturated rings. The van der Waals surface area contributed by atoms with Gasteiger partial charge in [-0.15, -0.1) is 0 Å². The van der Waals surface area contributed by atoms with Gasteiger partial charge in [-0.2, -0.15) is 13.1 Å². The number of benzene rings is 3. The minimum absolute atomic E-state index is 0.00757. The van der Waals surface area contributed by atoms with Crippen LogP contribution in [0.5, 0.6) is 5.75 Å². The Morgan fingerprint density at radius 2 is 1.45 bits per heavy atom.